The summed E-state index contributed by atoms with van der Waals surface area (Å²) in [7, 11) is 1.86. The van der Waals surface area contributed by atoms with Crippen molar-refractivity contribution in [1.29, 1.82) is 0 Å². The minimum atomic E-state index is 0.790. The van der Waals surface area contributed by atoms with Crippen molar-refractivity contribution in [1.82, 2.24) is 0 Å². The van der Waals surface area contributed by atoms with Gasteiger partial charge in [0, 0.05) is 31.5 Å². The Balaban J connectivity index is 2.23. The maximum atomic E-state index is 5.43. The summed E-state index contributed by atoms with van der Waals surface area (Å²) in [6.45, 7) is 13.5. The van der Waals surface area contributed by atoms with Crippen molar-refractivity contribution in [3.63, 3.8) is 0 Å². The Morgan fingerprint density at radius 1 is 1.32 bits per heavy atom. The number of rotatable bonds is 6. The molecule has 1 aromatic carbocycles. The first-order chi connectivity index (χ1) is 10.7. The molecule has 1 fully saturated rings. The average molecular weight is 298 g/mol. The fourth-order valence-corrected chi connectivity index (χ4v) is 2.71. The van der Waals surface area contributed by atoms with Gasteiger partial charge < -0.3 is 9.64 Å². The largest absolute Gasteiger partial charge is 0.378 e. The predicted octanol–water partition coefficient (Wildman–Crippen LogP) is 3.94. The number of anilines is 1. The molecule has 22 heavy (non-hydrogen) atoms. The van der Waals surface area contributed by atoms with Crippen LogP contribution in [0.25, 0.3) is 6.08 Å². The second-order valence-corrected chi connectivity index (χ2v) is 5.70. The minimum Gasteiger partial charge on any atom is -0.378 e. The summed E-state index contributed by atoms with van der Waals surface area (Å²) in [5.41, 5.74) is 5.89. The monoisotopic (exact) mass is 298 g/mol. The van der Waals surface area contributed by atoms with Crippen molar-refractivity contribution in [3.8, 4) is 0 Å². The van der Waals surface area contributed by atoms with Gasteiger partial charge in [0.25, 0.3) is 0 Å². The van der Waals surface area contributed by atoms with Crippen LogP contribution in [0.5, 0.6) is 0 Å². The summed E-state index contributed by atoms with van der Waals surface area (Å²) >= 11 is 0. The summed E-state index contributed by atoms with van der Waals surface area (Å²) in [5, 5.41) is 0. The smallest absolute Gasteiger partial charge is 0.0642 e. The van der Waals surface area contributed by atoms with E-state index < -0.39 is 0 Å². The third-order valence-corrected chi connectivity index (χ3v) is 3.99. The van der Waals surface area contributed by atoms with E-state index >= 15 is 0 Å². The average Bonchev–Trinajstić information content (AvgIpc) is 2.55. The molecule has 1 aliphatic heterocycles. The van der Waals surface area contributed by atoms with Crippen LogP contribution in [0.2, 0.25) is 0 Å². The number of hydrogen-bond donors (Lipinski definition) is 0. The maximum absolute atomic E-state index is 5.43. The van der Waals surface area contributed by atoms with Gasteiger partial charge in [-0.3, -0.25) is 4.99 Å². The number of hydrogen-bond acceptors (Lipinski definition) is 3. The van der Waals surface area contributed by atoms with Crippen LogP contribution >= 0.6 is 0 Å². The van der Waals surface area contributed by atoms with Gasteiger partial charge in [-0.1, -0.05) is 24.3 Å². The normalized spacial score (nSPS) is 15.7. The van der Waals surface area contributed by atoms with Crippen LogP contribution in [-0.4, -0.2) is 39.1 Å². The maximum Gasteiger partial charge on any atom is 0.0642 e. The molecule has 0 radical (unpaired) electrons. The molecule has 0 saturated carbocycles. The molecule has 0 N–H and O–H groups in total. The van der Waals surface area contributed by atoms with Gasteiger partial charge in [-0.25, -0.2) is 0 Å². The number of allylic oxidation sites excluding steroid dienone is 1. The lowest BCUT2D eigenvalue weighted by Gasteiger charge is -2.30. The highest BCUT2D eigenvalue weighted by molar-refractivity contribution is 6.01. The molecule has 3 heteroatoms. The summed E-state index contributed by atoms with van der Waals surface area (Å²) in [5.74, 6) is 0. The van der Waals surface area contributed by atoms with Crippen LogP contribution in [-0.2, 0) is 4.74 Å². The first-order valence-electron chi connectivity index (χ1n) is 7.85. The van der Waals surface area contributed by atoms with Crippen molar-refractivity contribution in [2.75, 3.05) is 38.3 Å². The second-order valence-electron chi connectivity index (χ2n) is 5.70. The first kappa shape index (κ1) is 16.5. The van der Waals surface area contributed by atoms with Crippen molar-refractivity contribution < 1.29 is 4.74 Å². The van der Waals surface area contributed by atoms with Gasteiger partial charge >= 0.3 is 0 Å². The van der Waals surface area contributed by atoms with Gasteiger partial charge in [0.15, 0.2) is 0 Å². The molecule has 0 atom stereocenters. The highest BCUT2D eigenvalue weighted by Gasteiger charge is 2.15. The Morgan fingerprint density at radius 3 is 2.64 bits per heavy atom. The zero-order valence-electron chi connectivity index (χ0n) is 13.8. The topological polar surface area (TPSA) is 24.8 Å². The summed E-state index contributed by atoms with van der Waals surface area (Å²) < 4.78 is 5.43. The van der Waals surface area contributed by atoms with Crippen LogP contribution < -0.4 is 4.90 Å². The Bertz CT molecular complexity index is 569. The van der Waals surface area contributed by atoms with Crippen molar-refractivity contribution in [2.24, 2.45) is 4.99 Å². The number of ether oxygens (including phenoxy) is 1. The van der Waals surface area contributed by atoms with Crippen molar-refractivity contribution in [3.05, 3.63) is 48.1 Å². The predicted molar refractivity (Wildman–Crippen MR) is 96.1 cm³/mol. The van der Waals surface area contributed by atoms with E-state index in [1.54, 1.807) is 0 Å². The zero-order valence-corrected chi connectivity index (χ0v) is 13.8. The number of benzene rings is 1. The first-order valence-corrected chi connectivity index (χ1v) is 7.85. The highest BCUT2D eigenvalue weighted by Crippen LogP contribution is 2.25. The van der Waals surface area contributed by atoms with Gasteiger partial charge in [0.1, 0.15) is 0 Å². The lowest BCUT2D eigenvalue weighted by molar-refractivity contribution is 0.122. The van der Waals surface area contributed by atoms with E-state index in [0.29, 0.717) is 0 Å². The van der Waals surface area contributed by atoms with Crippen molar-refractivity contribution >= 4 is 17.5 Å². The Hall–Kier alpha value is -1.87. The third-order valence-electron chi connectivity index (χ3n) is 3.99. The van der Waals surface area contributed by atoms with Gasteiger partial charge in [-0.15, -0.1) is 6.58 Å². The molecule has 0 aromatic heterocycles. The molecule has 1 aromatic rings. The number of nitrogens with zero attached hydrogens (tertiary/aromatic N) is 2. The van der Waals surface area contributed by atoms with Gasteiger partial charge in [-0.05, 0) is 43.0 Å². The summed E-state index contributed by atoms with van der Waals surface area (Å²) in [6.07, 6.45) is 3.83. The highest BCUT2D eigenvalue weighted by atomic mass is 16.5. The van der Waals surface area contributed by atoms with Crippen LogP contribution in [0.3, 0.4) is 0 Å². The van der Waals surface area contributed by atoms with E-state index in [-0.39, 0.29) is 0 Å². The summed E-state index contributed by atoms with van der Waals surface area (Å²) in [4.78, 5) is 6.82. The summed E-state index contributed by atoms with van der Waals surface area (Å²) in [6, 6.07) is 6.54. The van der Waals surface area contributed by atoms with Crippen LogP contribution in [0.1, 0.15) is 30.9 Å². The SMILES string of the molecule is C=Cc1cc(C(CCC(=C)C)=NC)ccc1N1CCOCC1. The number of morpholine rings is 1. The van der Waals surface area contributed by atoms with Crippen LogP contribution in [0.4, 0.5) is 5.69 Å². The quantitative estimate of drug-likeness (QED) is 0.587. The van der Waals surface area contributed by atoms with Crippen LogP contribution in [0.15, 0.2) is 41.9 Å². The Kier molecular flexibility index (Phi) is 5.96. The van der Waals surface area contributed by atoms with E-state index in [0.717, 1.165) is 50.4 Å². The molecule has 0 bridgehead atoms. The molecule has 0 spiro atoms. The van der Waals surface area contributed by atoms with E-state index in [2.05, 4.69) is 48.2 Å². The number of aliphatic imine (C=N–C) groups is 1. The van der Waals surface area contributed by atoms with Gasteiger partial charge in [-0.2, -0.15) is 0 Å². The molecular formula is C19H26N2O. The van der Waals surface area contributed by atoms with E-state index in [1.165, 1.54) is 16.8 Å². The van der Waals surface area contributed by atoms with Crippen LogP contribution in [0, 0.1) is 0 Å². The molecule has 1 heterocycles. The molecule has 1 aliphatic rings. The third kappa shape index (κ3) is 4.08. The lowest BCUT2D eigenvalue weighted by Crippen LogP contribution is -2.36. The van der Waals surface area contributed by atoms with Gasteiger partial charge in [0.2, 0.25) is 0 Å². The fraction of sp³-hybridized carbons (Fsp3) is 0.421. The fourth-order valence-electron chi connectivity index (χ4n) is 2.71. The molecule has 0 amide bonds. The standard InChI is InChI=1S/C19H26N2O/c1-5-16-14-17(18(20-4)8-6-15(2)3)7-9-19(16)21-10-12-22-13-11-21/h5,7,9,14H,1-2,6,8,10-13H2,3-4H3. The molecule has 118 valence electrons. The minimum absolute atomic E-state index is 0.790. The molecule has 0 unspecified atom stereocenters. The van der Waals surface area contributed by atoms with E-state index in [9.17, 15) is 0 Å². The van der Waals surface area contributed by atoms with E-state index in [4.69, 9.17) is 4.74 Å². The lowest BCUT2D eigenvalue weighted by atomic mass is 9.99. The van der Waals surface area contributed by atoms with Crippen molar-refractivity contribution in [2.45, 2.75) is 19.8 Å². The molecule has 3 nitrogen and oxygen atoms in total. The molecule has 1 saturated heterocycles. The molecule has 2 rings (SSSR count). The van der Waals surface area contributed by atoms with Gasteiger partial charge in [0.05, 0.1) is 13.2 Å². The Labute approximate surface area is 134 Å². The molecule has 0 aliphatic carbocycles. The zero-order chi connectivity index (χ0) is 15.9. The second kappa shape index (κ2) is 7.95. The Morgan fingerprint density at radius 2 is 2.05 bits per heavy atom. The molecular weight excluding hydrogens is 272 g/mol. The van der Waals surface area contributed by atoms with E-state index in [1.807, 2.05) is 13.1 Å².